The normalized spacial score (nSPS) is 10.8. The minimum atomic E-state index is -0.208. The number of halogens is 1. The molecule has 16 heavy (non-hydrogen) atoms. The summed E-state index contributed by atoms with van der Waals surface area (Å²) < 4.78 is 14.9. The first-order valence-corrected chi connectivity index (χ1v) is 5.17. The van der Waals surface area contributed by atoms with Crippen LogP contribution in [0.3, 0.4) is 0 Å². The third kappa shape index (κ3) is 1.39. The van der Waals surface area contributed by atoms with Crippen molar-refractivity contribution in [3.05, 3.63) is 66.6 Å². The lowest BCUT2D eigenvalue weighted by Gasteiger charge is -2.04. The summed E-state index contributed by atoms with van der Waals surface area (Å²) >= 11 is 0. The minimum absolute atomic E-state index is 0.208. The van der Waals surface area contributed by atoms with E-state index in [1.165, 1.54) is 17.5 Å². The number of hydrogen-bond acceptors (Lipinski definition) is 0. The van der Waals surface area contributed by atoms with E-state index < -0.39 is 0 Å². The Labute approximate surface area is 92.8 Å². The highest BCUT2D eigenvalue weighted by Gasteiger charge is 2.01. The van der Waals surface area contributed by atoms with Crippen LogP contribution in [-0.2, 0) is 0 Å². The fraction of sp³-hybridized carbons (Fsp3) is 0. The van der Waals surface area contributed by atoms with Gasteiger partial charge in [-0.3, -0.25) is 0 Å². The molecule has 3 rings (SSSR count). The van der Waals surface area contributed by atoms with Gasteiger partial charge >= 0.3 is 0 Å². The molecule has 2 heteroatoms. The van der Waals surface area contributed by atoms with E-state index in [2.05, 4.69) is 22.8 Å². The summed E-state index contributed by atoms with van der Waals surface area (Å²) in [6, 6.07) is 16.7. The molecule has 1 nitrogen and oxygen atoms in total. The molecule has 0 atom stereocenters. The van der Waals surface area contributed by atoms with Gasteiger partial charge in [-0.15, -0.1) is 0 Å². The van der Waals surface area contributed by atoms with Crippen LogP contribution >= 0.6 is 0 Å². The molecule has 1 aromatic heterocycles. The van der Waals surface area contributed by atoms with Gasteiger partial charge in [0, 0.05) is 11.9 Å². The molecular formula is C14H10FN. The predicted molar refractivity (Wildman–Crippen MR) is 63.2 cm³/mol. The summed E-state index contributed by atoms with van der Waals surface area (Å²) in [6.45, 7) is 0. The molecule has 0 amide bonds. The molecule has 0 saturated carbocycles. The van der Waals surface area contributed by atoms with Crippen molar-refractivity contribution in [1.82, 2.24) is 4.57 Å². The Bertz CT molecular complexity index is 623. The Morgan fingerprint density at radius 2 is 1.56 bits per heavy atom. The summed E-state index contributed by atoms with van der Waals surface area (Å²) in [5, 5.41) is 1.19. The molecule has 0 N–H and O–H groups in total. The van der Waals surface area contributed by atoms with Crippen LogP contribution in [0, 0.1) is 5.82 Å². The van der Waals surface area contributed by atoms with Gasteiger partial charge in [-0.05, 0) is 41.8 Å². The molecule has 0 saturated heterocycles. The molecule has 3 aromatic rings. The van der Waals surface area contributed by atoms with Crippen molar-refractivity contribution < 1.29 is 4.39 Å². The first kappa shape index (κ1) is 9.16. The summed E-state index contributed by atoms with van der Waals surface area (Å²) in [5.74, 6) is -0.208. The Morgan fingerprint density at radius 1 is 0.812 bits per heavy atom. The third-order valence-electron chi connectivity index (χ3n) is 2.70. The van der Waals surface area contributed by atoms with E-state index in [0.29, 0.717) is 0 Å². The van der Waals surface area contributed by atoms with Crippen LogP contribution in [0.15, 0.2) is 60.8 Å². The number of rotatable bonds is 1. The maximum absolute atomic E-state index is 12.8. The van der Waals surface area contributed by atoms with Gasteiger partial charge in [0.2, 0.25) is 0 Å². The lowest BCUT2D eigenvalue weighted by Crippen LogP contribution is -1.91. The fourth-order valence-corrected chi connectivity index (χ4v) is 1.91. The minimum Gasteiger partial charge on any atom is -0.317 e. The largest absolute Gasteiger partial charge is 0.317 e. The number of hydrogen-bond donors (Lipinski definition) is 0. The van der Waals surface area contributed by atoms with E-state index in [0.717, 1.165) is 11.2 Å². The van der Waals surface area contributed by atoms with Crippen LogP contribution in [0.5, 0.6) is 0 Å². The summed E-state index contributed by atoms with van der Waals surface area (Å²) in [5.41, 5.74) is 2.11. The quantitative estimate of drug-likeness (QED) is 0.577. The van der Waals surface area contributed by atoms with E-state index >= 15 is 0 Å². The van der Waals surface area contributed by atoms with E-state index in [-0.39, 0.29) is 5.82 Å². The third-order valence-corrected chi connectivity index (χ3v) is 2.70. The summed E-state index contributed by atoms with van der Waals surface area (Å²) in [4.78, 5) is 0. The van der Waals surface area contributed by atoms with E-state index in [4.69, 9.17) is 0 Å². The summed E-state index contributed by atoms with van der Waals surface area (Å²) in [7, 11) is 0. The SMILES string of the molecule is Fc1ccc(-n2ccc3ccccc32)cc1. The first-order valence-electron chi connectivity index (χ1n) is 5.17. The predicted octanol–water partition coefficient (Wildman–Crippen LogP) is 3.77. The maximum Gasteiger partial charge on any atom is 0.123 e. The van der Waals surface area contributed by atoms with Crippen LogP contribution in [0.2, 0.25) is 0 Å². The van der Waals surface area contributed by atoms with Crippen LogP contribution < -0.4 is 0 Å². The highest BCUT2D eigenvalue weighted by molar-refractivity contribution is 5.81. The molecular weight excluding hydrogens is 201 g/mol. The molecule has 0 fully saturated rings. The summed E-state index contributed by atoms with van der Waals surface area (Å²) in [6.07, 6.45) is 2.00. The van der Waals surface area contributed by atoms with E-state index in [9.17, 15) is 4.39 Å². The molecule has 0 radical (unpaired) electrons. The van der Waals surface area contributed by atoms with Gasteiger partial charge in [0.1, 0.15) is 5.82 Å². The van der Waals surface area contributed by atoms with Gasteiger partial charge in [0.05, 0.1) is 5.52 Å². The molecule has 0 aliphatic carbocycles. The molecule has 0 aliphatic heterocycles. The van der Waals surface area contributed by atoms with E-state index in [1.54, 1.807) is 12.1 Å². The smallest absolute Gasteiger partial charge is 0.123 e. The van der Waals surface area contributed by atoms with Gasteiger partial charge in [-0.2, -0.15) is 0 Å². The second-order valence-corrected chi connectivity index (χ2v) is 3.72. The molecule has 0 aliphatic rings. The average Bonchev–Trinajstić information content (AvgIpc) is 2.74. The highest BCUT2D eigenvalue weighted by Crippen LogP contribution is 2.20. The Balaban J connectivity index is 2.22. The average molecular weight is 211 g/mol. The van der Waals surface area contributed by atoms with Gasteiger partial charge in [-0.1, -0.05) is 18.2 Å². The van der Waals surface area contributed by atoms with Crippen molar-refractivity contribution in [1.29, 1.82) is 0 Å². The number of benzene rings is 2. The van der Waals surface area contributed by atoms with Gasteiger partial charge in [0.15, 0.2) is 0 Å². The maximum atomic E-state index is 12.8. The van der Waals surface area contributed by atoms with Gasteiger partial charge in [-0.25, -0.2) is 4.39 Å². The van der Waals surface area contributed by atoms with Crippen LogP contribution in [-0.4, -0.2) is 4.57 Å². The van der Waals surface area contributed by atoms with Crippen LogP contribution in [0.1, 0.15) is 0 Å². The fourth-order valence-electron chi connectivity index (χ4n) is 1.91. The molecule has 0 bridgehead atoms. The number of aromatic nitrogens is 1. The Hall–Kier alpha value is -2.09. The Morgan fingerprint density at radius 3 is 2.38 bits per heavy atom. The standard InChI is InChI=1S/C14H10FN/c15-12-5-7-13(8-6-12)16-10-9-11-3-1-2-4-14(11)16/h1-10H. The number of para-hydroxylation sites is 1. The van der Waals surface area contributed by atoms with Crippen LogP contribution in [0.25, 0.3) is 16.6 Å². The highest BCUT2D eigenvalue weighted by atomic mass is 19.1. The lowest BCUT2D eigenvalue weighted by atomic mass is 10.2. The zero-order valence-electron chi connectivity index (χ0n) is 8.60. The lowest BCUT2D eigenvalue weighted by molar-refractivity contribution is 0.627. The number of nitrogens with zero attached hydrogens (tertiary/aromatic N) is 1. The monoisotopic (exact) mass is 211 g/mol. The van der Waals surface area contributed by atoms with Gasteiger partial charge in [0.25, 0.3) is 0 Å². The van der Waals surface area contributed by atoms with E-state index in [1.807, 2.05) is 18.3 Å². The molecule has 1 heterocycles. The molecule has 0 spiro atoms. The van der Waals surface area contributed by atoms with Crippen LogP contribution in [0.4, 0.5) is 4.39 Å². The van der Waals surface area contributed by atoms with Crippen molar-refractivity contribution in [2.75, 3.05) is 0 Å². The van der Waals surface area contributed by atoms with Crippen molar-refractivity contribution in [3.63, 3.8) is 0 Å². The second-order valence-electron chi connectivity index (χ2n) is 3.72. The van der Waals surface area contributed by atoms with Crippen molar-refractivity contribution in [2.45, 2.75) is 0 Å². The topological polar surface area (TPSA) is 4.93 Å². The zero-order valence-corrected chi connectivity index (χ0v) is 8.60. The molecule has 0 unspecified atom stereocenters. The zero-order chi connectivity index (χ0) is 11.0. The first-order chi connectivity index (χ1) is 7.84. The van der Waals surface area contributed by atoms with Crippen molar-refractivity contribution >= 4 is 10.9 Å². The second kappa shape index (κ2) is 3.49. The molecule has 78 valence electrons. The van der Waals surface area contributed by atoms with Gasteiger partial charge < -0.3 is 4.57 Å². The molecule has 2 aromatic carbocycles. The Kier molecular flexibility index (Phi) is 2.00. The van der Waals surface area contributed by atoms with Crippen molar-refractivity contribution in [3.8, 4) is 5.69 Å². The van der Waals surface area contributed by atoms with Crippen molar-refractivity contribution in [2.24, 2.45) is 0 Å². The number of fused-ring (bicyclic) bond motifs is 1.